The van der Waals surface area contributed by atoms with Crippen molar-refractivity contribution in [2.45, 2.75) is 25.8 Å². The first-order valence-corrected chi connectivity index (χ1v) is 9.52. The van der Waals surface area contributed by atoms with E-state index in [-0.39, 0.29) is 11.3 Å². The van der Waals surface area contributed by atoms with Gasteiger partial charge in [-0.1, -0.05) is 18.2 Å². The van der Waals surface area contributed by atoms with E-state index in [0.29, 0.717) is 19.1 Å². The van der Waals surface area contributed by atoms with E-state index in [1.807, 2.05) is 47.5 Å². The van der Waals surface area contributed by atoms with Crippen molar-refractivity contribution in [3.63, 3.8) is 0 Å². The highest BCUT2D eigenvalue weighted by molar-refractivity contribution is 5.85. The maximum Gasteiger partial charge on any atom is 0.298 e. The number of likely N-dealkylation sites (tertiary alicyclic amines) is 1. The van der Waals surface area contributed by atoms with E-state index >= 15 is 0 Å². The fraction of sp³-hybridized carbons (Fsp3) is 0.381. The number of hydrogen-bond donors (Lipinski definition) is 0. The van der Waals surface area contributed by atoms with Gasteiger partial charge in [-0.15, -0.1) is 0 Å². The van der Waals surface area contributed by atoms with Gasteiger partial charge in [-0.2, -0.15) is 4.98 Å². The van der Waals surface area contributed by atoms with Gasteiger partial charge in [0.1, 0.15) is 5.52 Å². The van der Waals surface area contributed by atoms with Crippen LogP contribution < -0.4 is 4.90 Å². The van der Waals surface area contributed by atoms with Crippen LogP contribution in [0.4, 0.5) is 6.01 Å². The highest BCUT2D eigenvalue weighted by Crippen LogP contribution is 2.42. The number of pyridine rings is 1. The lowest BCUT2D eigenvalue weighted by Crippen LogP contribution is -2.49. The Morgan fingerprint density at radius 3 is 2.89 bits per heavy atom. The van der Waals surface area contributed by atoms with Crippen LogP contribution in [0.1, 0.15) is 24.8 Å². The quantitative estimate of drug-likeness (QED) is 0.716. The topological polar surface area (TPSA) is 62.5 Å². The van der Waals surface area contributed by atoms with Crippen LogP contribution in [0.2, 0.25) is 0 Å². The number of aromatic nitrogens is 2. The van der Waals surface area contributed by atoms with E-state index in [9.17, 15) is 4.79 Å². The lowest BCUT2D eigenvalue weighted by molar-refractivity contribution is -0.145. The molecule has 138 valence electrons. The molecular formula is C21H22N4O2. The number of rotatable bonds is 3. The van der Waals surface area contributed by atoms with Crippen molar-refractivity contribution in [2.75, 3.05) is 24.5 Å². The van der Waals surface area contributed by atoms with Gasteiger partial charge in [0.2, 0.25) is 5.91 Å². The largest absolute Gasteiger partial charge is 0.423 e. The van der Waals surface area contributed by atoms with Gasteiger partial charge in [0.05, 0.1) is 5.41 Å². The van der Waals surface area contributed by atoms with E-state index in [2.05, 4.69) is 14.9 Å². The van der Waals surface area contributed by atoms with Crippen molar-refractivity contribution < 1.29 is 9.21 Å². The highest BCUT2D eigenvalue weighted by atomic mass is 16.4. The Labute approximate surface area is 157 Å². The molecule has 1 aromatic carbocycles. The molecule has 2 aromatic heterocycles. The van der Waals surface area contributed by atoms with Crippen LogP contribution >= 0.6 is 0 Å². The first-order chi connectivity index (χ1) is 13.2. The first-order valence-electron chi connectivity index (χ1n) is 9.52. The molecule has 6 heteroatoms. The van der Waals surface area contributed by atoms with Gasteiger partial charge in [-0.3, -0.25) is 9.78 Å². The predicted octanol–water partition coefficient (Wildman–Crippen LogP) is 3.24. The minimum absolute atomic E-state index is 0.260. The first kappa shape index (κ1) is 16.3. The third-order valence-corrected chi connectivity index (χ3v) is 5.83. The monoisotopic (exact) mass is 362 g/mol. The lowest BCUT2D eigenvalue weighted by atomic mass is 9.78. The molecule has 0 unspecified atom stereocenters. The van der Waals surface area contributed by atoms with Gasteiger partial charge in [-0.05, 0) is 43.0 Å². The molecule has 3 aromatic rings. The summed E-state index contributed by atoms with van der Waals surface area (Å²) >= 11 is 0. The molecule has 0 aliphatic carbocycles. The molecule has 2 saturated heterocycles. The zero-order chi connectivity index (χ0) is 18.3. The SMILES string of the molecule is O=C1N(Cc2cccnc2)CCC[C@]12CCN(c1nc3ccccc3o1)C2. The predicted molar refractivity (Wildman–Crippen MR) is 102 cm³/mol. The molecule has 2 fully saturated rings. The maximum absolute atomic E-state index is 13.3. The van der Waals surface area contributed by atoms with Crippen LogP contribution in [0, 0.1) is 5.41 Å². The summed E-state index contributed by atoms with van der Waals surface area (Å²) < 4.78 is 5.93. The van der Waals surface area contributed by atoms with E-state index in [1.54, 1.807) is 6.20 Å². The summed E-state index contributed by atoms with van der Waals surface area (Å²) in [5.41, 5.74) is 2.42. The van der Waals surface area contributed by atoms with Crippen LogP contribution in [-0.4, -0.2) is 40.4 Å². The molecule has 0 saturated carbocycles. The molecule has 2 aliphatic rings. The molecule has 0 N–H and O–H groups in total. The number of carbonyl (C=O) groups is 1. The Balaban J connectivity index is 1.36. The van der Waals surface area contributed by atoms with Crippen molar-refractivity contribution in [1.29, 1.82) is 0 Å². The van der Waals surface area contributed by atoms with Crippen molar-refractivity contribution in [3.05, 3.63) is 54.4 Å². The van der Waals surface area contributed by atoms with E-state index in [1.165, 1.54) is 0 Å². The second kappa shape index (κ2) is 6.37. The number of amides is 1. The Hall–Kier alpha value is -2.89. The van der Waals surface area contributed by atoms with Crippen LogP contribution in [0.15, 0.2) is 53.2 Å². The number of piperidine rings is 1. The molecule has 4 heterocycles. The zero-order valence-corrected chi connectivity index (χ0v) is 15.2. The van der Waals surface area contributed by atoms with Crippen molar-refractivity contribution in [1.82, 2.24) is 14.9 Å². The van der Waals surface area contributed by atoms with Crippen molar-refractivity contribution >= 4 is 23.0 Å². The molecule has 5 rings (SSSR count). The fourth-order valence-corrected chi connectivity index (χ4v) is 4.42. The van der Waals surface area contributed by atoms with Gasteiger partial charge >= 0.3 is 0 Å². The fourth-order valence-electron chi connectivity index (χ4n) is 4.42. The molecule has 0 bridgehead atoms. The Morgan fingerprint density at radius 1 is 1.11 bits per heavy atom. The lowest BCUT2D eigenvalue weighted by Gasteiger charge is -2.39. The molecule has 1 atom stereocenters. The zero-order valence-electron chi connectivity index (χ0n) is 15.2. The van der Waals surface area contributed by atoms with Gasteiger partial charge in [0.15, 0.2) is 5.58 Å². The number of nitrogens with zero attached hydrogens (tertiary/aromatic N) is 4. The summed E-state index contributed by atoms with van der Waals surface area (Å²) in [7, 11) is 0. The summed E-state index contributed by atoms with van der Waals surface area (Å²) in [6, 6.07) is 12.4. The third-order valence-electron chi connectivity index (χ3n) is 5.83. The van der Waals surface area contributed by atoms with E-state index < -0.39 is 0 Å². The standard InChI is InChI=1S/C21H22N4O2/c26-19-21(8-4-11-24(19)14-16-5-3-10-22-13-16)9-12-25(15-21)20-23-17-6-1-2-7-18(17)27-20/h1-3,5-7,10,13H,4,8-9,11-12,14-15H2/t21-/m1/s1. The number of oxazole rings is 1. The van der Waals surface area contributed by atoms with Crippen molar-refractivity contribution in [3.8, 4) is 0 Å². The number of fused-ring (bicyclic) bond motifs is 1. The van der Waals surface area contributed by atoms with Gasteiger partial charge < -0.3 is 14.2 Å². The number of hydrogen-bond acceptors (Lipinski definition) is 5. The van der Waals surface area contributed by atoms with Gasteiger partial charge in [0, 0.05) is 38.6 Å². The Kier molecular flexibility index (Phi) is 3.85. The molecular weight excluding hydrogens is 340 g/mol. The third kappa shape index (κ3) is 2.85. The minimum atomic E-state index is -0.318. The van der Waals surface area contributed by atoms with E-state index in [0.717, 1.165) is 49.0 Å². The molecule has 2 aliphatic heterocycles. The average Bonchev–Trinajstić information content (AvgIpc) is 3.31. The summed E-state index contributed by atoms with van der Waals surface area (Å²) in [5, 5.41) is 0. The highest BCUT2D eigenvalue weighted by Gasteiger charge is 2.49. The van der Waals surface area contributed by atoms with Crippen LogP contribution in [0.3, 0.4) is 0 Å². The molecule has 1 spiro atoms. The van der Waals surface area contributed by atoms with Crippen molar-refractivity contribution in [2.24, 2.45) is 5.41 Å². The Bertz CT molecular complexity index is 937. The van der Waals surface area contributed by atoms with Gasteiger partial charge in [-0.25, -0.2) is 0 Å². The number of benzene rings is 1. The number of anilines is 1. The normalized spacial score (nSPS) is 22.9. The van der Waals surface area contributed by atoms with Crippen LogP contribution in [-0.2, 0) is 11.3 Å². The smallest absolute Gasteiger partial charge is 0.298 e. The van der Waals surface area contributed by atoms with Gasteiger partial charge in [0.25, 0.3) is 6.01 Å². The summed E-state index contributed by atoms with van der Waals surface area (Å²) in [6.07, 6.45) is 6.43. The van der Waals surface area contributed by atoms with E-state index in [4.69, 9.17) is 4.42 Å². The second-order valence-electron chi connectivity index (χ2n) is 7.61. The summed E-state index contributed by atoms with van der Waals surface area (Å²) in [5.74, 6) is 0.260. The number of para-hydroxylation sites is 2. The minimum Gasteiger partial charge on any atom is -0.423 e. The van der Waals surface area contributed by atoms with Crippen LogP contribution in [0.5, 0.6) is 0 Å². The number of carbonyl (C=O) groups excluding carboxylic acids is 1. The Morgan fingerprint density at radius 2 is 2.04 bits per heavy atom. The molecule has 6 nitrogen and oxygen atoms in total. The van der Waals surface area contributed by atoms with Crippen LogP contribution in [0.25, 0.3) is 11.1 Å². The summed E-state index contributed by atoms with van der Waals surface area (Å²) in [4.78, 5) is 26.2. The molecule has 1 amide bonds. The second-order valence-corrected chi connectivity index (χ2v) is 7.61. The average molecular weight is 362 g/mol. The maximum atomic E-state index is 13.3. The summed E-state index contributed by atoms with van der Waals surface area (Å²) in [6.45, 7) is 2.94. The molecule has 27 heavy (non-hydrogen) atoms. The molecule has 0 radical (unpaired) electrons.